The van der Waals surface area contributed by atoms with Crippen molar-refractivity contribution in [3.05, 3.63) is 89.5 Å². The van der Waals surface area contributed by atoms with Crippen molar-refractivity contribution in [3.63, 3.8) is 0 Å². The Hall–Kier alpha value is -2.95. The third-order valence-electron chi connectivity index (χ3n) is 6.49. The van der Waals surface area contributed by atoms with Crippen LogP contribution in [0.1, 0.15) is 34.3 Å². The van der Waals surface area contributed by atoms with Gasteiger partial charge in [-0.25, -0.2) is 0 Å². The van der Waals surface area contributed by atoms with Gasteiger partial charge in [0.25, 0.3) is 5.91 Å². The normalized spacial score (nSPS) is 14.8. The van der Waals surface area contributed by atoms with Crippen LogP contribution in [0.4, 0.5) is 5.69 Å². The molecule has 4 nitrogen and oxygen atoms in total. The zero-order valence-electron chi connectivity index (χ0n) is 19.3. The van der Waals surface area contributed by atoms with Crippen LogP contribution < -0.4 is 5.32 Å². The predicted molar refractivity (Wildman–Crippen MR) is 131 cm³/mol. The summed E-state index contributed by atoms with van der Waals surface area (Å²) in [5, 5.41) is 3.04. The number of anilines is 1. The van der Waals surface area contributed by atoms with Crippen LogP contribution in [-0.2, 0) is 11.3 Å². The van der Waals surface area contributed by atoms with Crippen LogP contribution in [0.3, 0.4) is 0 Å². The summed E-state index contributed by atoms with van der Waals surface area (Å²) in [7, 11) is 4.60. The lowest BCUT2D eigenvalue weighted by molar-refractivity contribution is -0.929. The number of nitrogens with zero attached hydrogens (tertiary/aromatic N) is 1. The summed E-state index contributed by atoms with van der Waals surface area (Å²) in [5.41, 5.74) is 6.13. The first kappa shape index (κ1) is 22.3. The molecule has 1 fully saturated rings. The maximum absolute atomic E-state index is 12.8. The topological polar surface area (TPSA) is 38.3 Å². The molecule has 4 rings (SSSR count). The second kappa shape index (κ2) is 9.68. The number of rotatable bonds is 6. The van der Waals surface area contributed by atoms with Crippen molar-refractivity contribution in [1.29, 1.82) is 0 Å². The Morgan fingerprint density at radius 3 is 2.31 bits per heavy atom. The van der Waals surface area contributed by atoms with Gasteiger partial charge in [-0.2, -0.15) is 0 Å². The molecule has 0 aliphatic carbocycles. The van der Waals surface area contributed by atoms with Crippen LogP contribution in [0.15, 0.2) is 72.8 Å². The second-order valence-corrected chi connectivity index (χ2v) is 9.38. The zero-order valence-corrected chi connectivity index (χ0v) is 19.3. The number of hydrogen-bond acceptors (Lipinski definition) is 2. The molecule has 0 saturated carbocycles. The number of carbonyl (C=O) groups is 1. The molecule has 0 aromatic heterocycles. The monoisotopic (exact) mass is 429 g/mol. The average Bonchev–Trinajstić information content (AvgIpc) is 2.81. The van der Waals surface area contributed by atoms with Crippen LogP contribution in [0.25, 0.3) is 11.1 Å². The van der Waals surface area contributed by atoms with Gasteiger partial charge in [-0.15, -0.1) is 0 Å². The molecule has 0 unspecified atom stereocenters. The Balaban J connectivity index is 1.40. The van der Waals surface area contributed by atoms with Gasteiger partial charge in [0.05, 0.1) is 33.4 Å². The van der Waals surface area contributed by atoms with Gasteiger partial charge in [0, 0.05) is 29.7 Å². The number of hydrogen-bond donors (Lipinski definition) is 1. The van der Waals surface area contributed by atoms with Gasteiger partial charge in [0.15, 0.2) is 0 Å². The third-order valence-corrected chi connectivity index (χ3v) is 6.49. The first-order chi connectivity index (χ1) is 15.4. The summed E-state index contributed by atoms with van der Waals surface area (Å²) in [6, 6.07) is 25.0. The molecule has 1 aliphatic heterocycles. The van der Waals surface area contributed by atoms with Gasteiger partial charge in [-0.3, -0.25) is 4.79 Å². The summed E-state index contributed by atoms with van der Waals surface area (Å²) >= 11 is 0. The highest BCUT2D eigenvalue weighted by Crippen LogP contribution is 2.24. The molecule has 1 saturated heterocycles. The zero-order chi connectivity index (χ0) is 22.6. The molecule has 3 aromatic carbocycles. The van der Waals surface area contributed by atoms with Crippen molar-refractivity contribution >= 4 is 11.6 Å². The maximum Gasteiger partial charge on any atom is 0.255 e. The van der Waals surface area contributed by atoms with E-state index in [9.17, 15) is 4.79 Å². The van der Waals surface area contributed by atoms with E-state index in [4.69, 9.17) is 4.74 Å². The number of amides is 1. The molecule has 32 heavy (non-hydrogen) atoms. The van der Waals surface area contributed by atoms with Gasteiger partial charge in [-0.1, -0.05) is 54.1 Å². The summed E-state index contributed by atoms with van der Waals surface area (Å²) < 4.78 is 6.48. The molecule has 3 aromatic rings. The summed E-state index contributed by atoms with van der Waals surface area (Å²) in [6.07, 6.45) is 2.23. The number of quaternary nitrogens is 1. The second-order valence-electron chi connectivity index (χ2n) is 9.38. The van der Waals surface area contributed by atoms with E-state index in [0.29, 0.717) is 11.6 Å². The fraction of sp³-hybridized carbons (Fsp3) is 0.321. The fourth-order valence-corrected chi connectivity index (χ4v) is 4.47. The van der Waals surface area contributed by atoms with Crippen molar-refractivity contribution < 1.29 is 14.0 Å². The third kappa shape index (κ3) is 5.45. The number of ether oxygens (including phenoxy) is 1. The molecule has 1 N–H and O–H groups in total. The number of aryl methyl sites for hydroxylation is 1. The lowest BCUT2D eigenvalue weighted by Crippen LogP contribution is -2.50. The lowest BCUT2D eigenvalue weighted by Gasteiger charge is -2.40. The molecule has 1 amide bonds. The van der Waals surface area contributed by atoms with Crippen molar-refractivity contribution in [2.75, 3.05) is 32.6 Å². The van der Waals surface area contributed by atoms with Crippen LogP contribution in [0, 0.1) is 6.92 Å². The van der Waals surface area contributed by atoms with Crippen LogP contribution >= 0.6 is 0 Å². The molecule has 0 spiro atoms. The van der Waals surface area contributed by atoms with E-state index >= 15 is 0 Å². The van der Waals surface area contributed by atoms with E-state index < -0.39 is 0 Å². The summed E-state index contributed by atoms with van der Waals surface area (Å²) in [5.74, 6) is -0.0926. The van der Waals surface area contributed by atoms with Gasteiger partial charge >= 0.3 is 0 Å². The van der Waals surface area contributed by atoms with Crippen molar-refractivity contribution in [1.82, 2.24) is 0 Å². The van der Waals surface area contributed by atoms with Crippen LogP contribution in [0.2, 0.25) is 0 Å². The minimum Gasteiger partial charge on any atom is -0.381 e. The Bertz CT molecular complexity index is 1050. The van der Waals surface area contributed by atoms with Gasteiger partial charge < -0.3 is 14.5 Å². The molecular weight excluding hydrogens is 396 g/mol. The van der Waals surface area contributed by atoms with E-state index in [-0.39, 0.29) is 5.91 Å². The summed E-state index contributed by atoms with van der Waals surface area (Å²) in [6.45, 7) is 4.77. The van der Waals surface area contributed by atoms with Gasteiger partial charge in [-0.05, 0) is 42.3 Å². The van der Waals surface area contributed by atoms with Crippen LogP contribution in [0.5, 0.6) is 0 Å². The fourth-order valence-electron chi connectivity index (χ4n) is 4.47. The molecule has 0 radical (unpaired) electrons. The molecule has 1 heterocycles. The Morgan fingerprint density at radius 2 is 1.62 bits per heavy atom. The highest BCUT2D eigenvalue weighted by Gasteiger charge is 2.30. The van der Waals surface area contributed by atoms with E-state index in [1.807, 2.05) is 36.4 Å². The van der Waals surface area contributed by atoms with E-state index in [1.165, 1.54) is 11.1 Å². The lowest BCUT2D eigenvalue weighted by atomic mass is 10.0. The quantitative estimate of drug-likeness (QED) is 0.513. The van der Waals surface area contributed by atoms with Crippen LogP contribution in [-0.4, -0.2) is 43.7 Å². The Morgan fingerprint density at radius 1 is 0.938 bits per heavy atom. The van der Waals surface area contributed by atoms with E-state index in [2.05, 4.69) is 62.7 Å². The SMILES string of the molecule is Cc1ccc(-c2cccc(C(=O)Nc3ccc(C[N+](C)(C)C4CCOCC4)cc3)c2)cc1. The molecule has 1 aliphatic rings. The summed E-state index contributed by atoms with van der Waals surface area (Å²) in [4.78, 5) is 12.8. The minimum atomic E-state index is -0.0926. The predicted octanol–water partition coefficient (Wildman–Crippen LogP) is 5.67. The number of nitrogens with one attached hydrogen (secondary N) is 1. The van der Waals surface area contributed by atoms with Crippen molar-refractivity contribution in [2.45, 2.75) is 32.4 Å². The highest BCUT2D eigenvalue weighted by molar-refractivity contribution is 6.04. The standard InChI is InChI=1S/C28H32N2O2/c1-21-7-11-23(12-8-21)24-5-4-6-25(19-24)28(31)29-26-13-9-22(10-14-26)20-30(2,3)27-15-17-32-18-16-27/h4-14,19,27H,15-18,20H2,1-3H3/p+1. The largest absolute Gasteiger partial charge is 0.381 e. The van der Waals surface area contributed by atoms with Gasteiger partial charge in [0.1, 0.15) is 6.54 Å². The highest BCUT2D eigenvalue weighted by atomic mass is 16.5. The van der Waals surface area contributed by atoms with E-state index in [1.54, 1.807) is 0 Å². The van der Waals surface area contributed by atoms with Crippen molar-refractivity contribution in [2.24, 2.45) is 0 Å². The average molecular weight is 430 g/mol. The first-order valence-electron chi connectivity index (χ1n) is 11.4. The molecular formula is C28H33N2O2+. The molecule has 0 bridgehead atoms. The minimum absolute atomic E-state index is 0.0926. The van der Waals surface area contributed by atoms with E-state index in [0.717, 1.165) is 53.9 Å². The smallest absolute Gasteiger partial charge is 0.255 e. The van der Waals surface area contributed by atoms with Crippen molar-refractivity contribution in [3.8, 4) is 11.1 Å². The number of benzene rings is 3. The molecule has 4 heteroatoms. The maximum atomic E-state index is 12.8. The Kier molecular flexibility index (Phi) is 6.73. The Labute approximate surface area is 191 Å². The van der Waals surface area contributed by atoms with Gasteiger partial charge in [0.2, 0.25) is 0 Å². The molecule has 166 valence electrons. The first-order valence-corrected chi connectivity index (χ1v) is 11.4. The number of carbonyl (C=O) groups excluding carboxylic acids is 1. The molecule has 0 atom stereocenters.